The number of halogens is 1. The molecule has 5 nitrogen and oxygen atoms in total. The third-order valence-corrected chi connectivity index (χ3v) is 3.57. The first kappa shape index (κ1) is 13.8. The normalized spacial score (nSPS) is 11.0. The lowest BCUT2D eigenvalue weighted by Gasteiger charge is -2.03. The van der Waals surface area contributed by atoms with E-state index in [9.17, 15) is 4.79 Å². The lowest BCUT2D eigenvalue weighted by molar-refractivity contribution is 0.0982. The van der Waals surface area contributed by atoms with Crippen molar-refractivity contribution in [3.8, 4) is 0 Å². The van der Waals surface area contributed by atoms with Gasteiger partial charge in [-0.15, -0.1) is 0 Å². The second-order valence-corrected chi connectivity index (χ2v) is 4.92. The molecule has 0 aliphatic carbocycles. The fraction of sp³-hybridized carbons (Fsp3) is 0.462. The number of rotatable bonds is 4. The van der Waals surface area contributed by atoms with Crippen LogP contribution in [0.15, 0.2) is 6.07 Å². The van der Waals surface area contributed by atoms with E-state index in [1.165, 1.54) is 0 Å². The zero-order valence-electron chi connectivity index (χ0n) is 11.6. The van der Waals surface area contributed by atoms with Gasteiger partial charge in [-0.3, -0.25) is 14.2 Å². The zero-order chi connectivity index (χ0) is 14.2. The number of aromatic nitrogens is 4. The molecule has 0 saturated heterocycles. The summed E-state index contributed by atoms with van der Waals surface area (Å²) in [6.45, 7) is 6.38. The van der Waals surface area contributed by atoms with Crippen molar-refractivity contribution in [1.29, 1.82) is 0 Å². The molecule has 0 aliphatic heterocycles. The molecule has 0 unspecified atom stereocenters. The Kier molecular flexibility index (Phi) is 3.75. The van der Waals surface area contributed by atoms with Crippen molar-refractivity contribution in [2.45, 2.75) is 33.7 Å². The van der Waals surface area contributed by atoms with Gasteiger partial charge >= 0.3 is 0 Å². The van der Waals surface area contributed by atoms with Gasteiger partial charge in [0.1, 0.15) is 10.8 Å². The van der Waals surface area contributed by atoms with Gasteiger partial charge in [-0.05, 0) is 26.8 Å². The number of hydrogen-bond acceptors (Lipinski definition) is 3. The van der Waals surface area contributed by atoms with Gasteiger partial charge in [0, 0.05) is 25.6 Å². The predicted molar refractivity (Wildman–Crippen MR) is 73.6 cm³/mol. The summed E-state index contributed by atoms with van der Waals surface area (Å²) in [4.78, 5) is 12.4. The number of carbonyl (C=O) groups excluding carboxylic acids is 1. The largest absolute Gasteiger partial charge is 0.292 e. The van der Waals surface area contributed by atoms with Gasteiger partial charge in [-0.25, -0.2) is 0 Å². The molecule has 0 aromatic carbocycles. The molecule has 0 aliphatic rings. The van der Waals surface area contributed by atoms with E-state index >= 15 is 0 Å². The molecule has 0 fully saturated rings. The summed E-state index contributed by atoms with van der Waals surface area (Å²) < 4.78 is 3.30. The molecule has 0 bridgehead atoms. The van der Waals surface area contributed by atoms with Crippen LogP contribution in [0.25, 0.3) is 0 Å². The van der Waals surface area contributed by atoms with Crippen LogP contribution >= 0.6 is 11.6 Å². The molecule has 0 spiro atoms. The molecule has 0 amide bonds. The average Bonchev–Trinajstić information content (AvgIpc) is 2.85. The third kappa shape index (κ3) is 2.56. The van der Waals surface area contributed by atoms with Gasteiger partial charge in [-0.1, -0.05) is 11.6 Å². The summed E-state index contributed by atoms with van der Waals surface area (Å²) in [5.41, 5.74) is 3.05. The monoisotopic (exact) mass is 280 g/mol. The maximum Gasteiger partial charge on any atom is 0.185 e. The minimum atomic E-state index is 0.0143. The van der Waals surface area contributed by atoms with Crippen molar-refractivity contribution in [2.24, 2.45) is 7.05 Å². The van der Waals surface area contributed by atoms with Gasteiger partial charge in [0.05, 0.1) is 11.4 Å². The van der Waals surface area contributed by atoms with E-state index in [0.29, 0.717) is 17.4 Å². The minimum absolute atomic E-state index is 0.0143. The highest BCUT2D eigenvalue weighted by molar-refractivity contribution is 6.30. The number of aryl methyl sites for hydroxylation is 4. The van der Waals surface area contributed by atoms with Gasteiger partial charge in [0.15, 0.2) is 5.78 Å². The van der Waals surface area contributed by atoms with Crippen LogP contribution in [-0.4, -0.2) is 25.3 Å². The molecule has 19 heavy (non-hydrogen) atoms. The molecule has 102 valence electrons. The zero-order valence-corrected chi connectivity index (χ0v) is 12.3. The Morgan fingerprint density at radius 2 is 2.05 bits per heavy atom. The number of Topliss-reactive ketones (excluding diaryl/α,β-unsaturated/α-hetero) is 1. The quantitative estimate of drug-likeness (QED) is 0.808. The van der Waals surface area contributed by atoms with E-state index < -0.39 is 0 Å². The SMILES string of the molecule is CCn1nc(C)cc1C(=O)Cc1c(C)nn(C)c1Cl. The fourth-order valence-corrected chi connectivity index (χ4v) is 2.38. The second kappa shape index (κ2) is 5.17. The second-order valence-electron chi connectivity index (χ2n) is 4.57. The molecule has 2 heterocycles. The number of hydrogen-bond donors (Lipinski definition) is 0. The van der Waals surface area contributed by atoms with Gasteiger partial charge in [0.2, 0.25) is 0 Å². The van der Waals surface area contributed by atoms with E-state index in [-0.39, 0.29) is 12.2 Å². The lowest BCUT2D eigenvalue weighted by Crippen LogP contribution is -2.12. The molecule has 6 heteroatoms. The van der Waals surface area contributed by atoms with Crippen molar-refractivity contribution >= 4 is 17.4 Å². The molecular formula is C13H17ClN4O. The Bertz CT molecular complexity index is 627. The molecule has 2 aromatic rings. The number of nitrogens with zero attached hydrogens (tertiary/aromatic N) is 4. The van der Waals surface area contributed by atoms with Crippen molar-refractivity contribution < 1.29 is 4.79 Å². The molecule has 0 radical (unpaired) electrons. The molecule has 2 aromatic heterocycles. The van der Waals surface area contributed by atoms with Crippen molar-refractivity contribution in [3.05, 3.63) is 33.9 Å². The Morgan fingerprint density at radius 1 is 1.37 bits per heavy atom. The molecular weight excluding hydrogens is 264 g/mol. The van der Waals surface area contributed by atoms with E-state index in [1.54, 1.807) is 16.4 Å². The number of ketones is 1. The third-order valence-electron chi connectivity index (χ3n) is 3.09. The first-order valence-electron chi connectivity index (χ1n) is 6.19. The number of carbonyl (C=O) groups is 1. The Hall–Kier alpha value is -1.62. The van der Waals surface area contributed by atoms with E-state index in [2.05, 4.69) is 10.2 Å². The van der Waals surface area contributed by atoms with Crippen molar-refractivity contribution in [3.63, 3.8) is 0 Å². The standard InChI is InChI=1S/C13H17ClN4O/c1-5-18-11(6-8(2)15-18)12(19)7-10-9(3)16-17(4)13(10)14/h6H,5,7H2,1-4H3. The molecule has 0 atom stereocenters. The van der Waals surface area contributed by atoms with Crippen LogP contribution in [0.5, 0.6) is 0 Å². The topological polar surface area (TPSA) is 52.7 Å². The predicted octanol–water partition coefficient (Wildman–Crippen LogP) is 2.33. The van der Waals surface area contributed by atoms with Crippen molar-refractivity contribution in [2.75, 3.05) is 0 Å². The molecule has 0 N–H and O–H groups in total. The smallest absolute Gasteiger partial charge is 0.185 e. The summed E-state index contributed by atoms with van der Waals surface area (Å²) in [5, 5.41) is 9.02. The van der Waals surface area contributed by atoms with Crippen LogP contribution in [0.1, 0.15) is 34.4 Å². The summed E-state index contributed by atoms with van der Waals surface area (Å²) in [6.07, 6.45) is 0.254. The van der Waals surface area contributed by atoms with Crippen LogP contribution in [-0.2, 0) is 20.0 Å². The summed E-state index contributed by atoms with van der Waals surface area (Å²) in [6, 6.07) is 1.81. The molecule has 2 rings (SSSR count). The Balaban J connectivity index is 2.30. The minimum Gasteiger partial charge on any atom is -0.292 e. The van der Waals surface area contributed by atoms with Crippen LogP contribution < -0.4 is 0 Å². The first-order valence-corrected chi connectivity index (χ1v) is 6.57. The summed E-state index contributed by atoms with van der Waals surface area (Å²) in [7, 11) is 1.77. The lowest BCUT2D eigenvalue weighted by atomic mass is 10.1. The highest BCUT2D eigenvalue weighted by Gasteiger charge is 2.19. The van der Waals surface area contributed by atoms with E-state index in [0.717, 1.165) is 17.0 Å². The van der Waals surface area contributed by atoms with E-state index in [4.69, 9.17) is 11.6 Å². The van der Waals surface area contributed by atoms with Crippen molar-refractivity contribution in [1.82, 2.24) is 19.6 Å². The van der Waals surface area contributed by atoms with Gasteiger partial charge in [0.25, 0.3) is 0 Å². The first-order chi connectivity index (χ1) is 8.93. The fourth-order valence-electron chi connectivity index (χ4n) is 2.14. The summed E-state index contributed by atoms with van der Waals surface area (Å²) in [5.74, 6) is 0.0143. The average molecular weight is 281 g/mol. The van der Waals surface area contributed by atoms with Gasteiger partial charge < -0.3 is 0 Å². The maximum absolute atomic E-state index is 12.4. The maximum atomic E-state index is 12.4. The van der Waals surface area contributed by atoms with E-state index in [1.807, 2.05) is 26.8 Å². The summed E-state index contributed by atoms with van der Waals surface area (Å²) >= 11 is 6.15. The highest BCUT2D eigenvalue weighted by atomic mass is 35.5. The van der Waals surface area contributed by atoms with Crippen LogP contribution in [0.4, 0.5) is 0 Å². The van der Waals surface area contributed by atoms with Gasteiger partial charge in [-0.2, -0.15) is 10.2 Å². The van der Waals surface area contributed by atoms with Crippen LogP contribution in [0.3, 0.4) is 0 Å². The highest BCUT2D eigenvalue weighted by Crippen LogP contribution is 2.21. The van der Waals surface area contributed by atoms with Crippen LogP contribution in [0, 0.1) is 13.8 Å². The van der Waals surface area contributed by atoms with Crippen LogP contribution in [0.2, 0.25) is 5.15 Å². The Morgan fingerprint density at radius 3 is 2.58 bits per heavy atom. The Labute approximate surface area is 117 Å². The molecule has 0 saturated carbocycles.